The number of nitrogens with zero attached hydrogens (tertiary/aromatic N) is 1. The molecule has 2 nitrogen and oxygen atoms in total. The summed E-state index contributed by atoms with van der Waals surface area (Å²) >= 11 is 0. The number of benzene rings is 1. The monoisotopic (exact) mass is 289 g/mol. The normalized spacial score (nSPS) is 19.0. The first-order valence-corrected chi connectivity index (χ1v) is 8.36. The van der Waals surface area contributed by atoms with E-state index in [2.05, 4.69) is 57.0 Å². The molecule has 0 heterocycles. The van der Waals surface area contributed by atoms with Crippen LogP contribution in [0, 0.1) is 0 Å². The lowest BCUT2D eigenvalue weighted by molar-refractivity contribution is 0.0914. The Hall–Kier alpha value is -0.860. The minimum absolute atomic E-state index is 0.169. The van der Waals surface area contributed by atoms with Crippen LogP contribution in [0.2, 0.25) is 0 Å². The van der Waals surface area contributed by atoms with E-state index in [9.17, 15) is 5.11 Å². The minimum Gasteiger partial charge on any atom is -0.387 e. The van der Waals surface area contributed by atoms with E-state index < -0.39 is 0 Å². The zero-order valence-corrected chi connectivity index (χ0v) is 14.1. The Kier molecular flexibility index (Phi) is 5.45. The van der Waals surface area contributed by atoms with Crippen LogP contribution >= 0.6 is 0 Å². The lowest BCUT2D eigenvalue weighted by Crippen LogP contribution is -2.36. The van der Waals surface area contributed by atoms with Crippen LogP contribution in [0.3, 0.4) is 0 Å². The second kappa shape index (κ2) is 6.93. The van der Waals surface area contributed by atoms with Crippen LogP contribution in [0.5, 0.6) is 0 Å². The number of aliphatic hydroxyl groups excluding tert-OH is 1. The maximum Gasteiger partial charge on any atom is 0.0916 e. The maximum atomic E-state index is 10.5. The van der Waals surface area contributed by atoms with Gasteiger partial charge in [0.2, 0.25) is 0 Å². The number of aliphatic hydroxyl groups is 1. The predicted molar refractivity (Wildman–Crippen MR) is 89.6 cm³/mol. The van der Waals surface area contributed by atoms with Gasteiger partial charge < -0.3 is 10.0 Å². The first-order chi connectivity index (χ1) is 9.88. The summed E-state index contributed by atoms with van der Waals surface area (Å²) in [5.74, 6) is 0. The van der Waals surface area contributed by atoms with Crippen LogP contribution in [0.15, 0.2) is 24.3 Å². The summed E-state index contributed by atoms with van der Waals surface area (Å²) in [5.41, 5.74) is 2.52. The molecule has 0 radical (unpaired) electrons. The first-order valence-electron chi connectivity index (χ1n) is 8.36. The largest absolute Gasteiger partial charge is 0.387 e. The fourth-order valence-electron chi connectivity index (χ4n) is 3.25. The van der Waals surface area contributed by atoms with Crippen molar-refractivity contribution in [3.63, 3.8) is 0 Å². The molecule has 1 N–H and O–H groups in total. The molecule has 1 aliphatic rings. The van der Waals surface area contributed by atoms with Gasteiger partial charge in [-0.2, -0.15) is 0 Å². The standard InChI is InChI=1S/C19H31NO/c1-19(2,3)16-12-10-15(11-13-16)18(21)14-20(4)17-8-6-5-7-9-17/h10-13,17-18,21H,5-9,14H2,1-4H3. The van der Waals surface area contributed by atoms with Crippen LogP contribution in [0.4, 0.5) is 0 Å². The van der Waals surface area contributed by atoms with Crippen molar-refractivity contribution in [2.24, 2.45) is 0 Å². The summed E-state index contributed by atoms with van der Waals surface area (Å²) in [6, 6.07) is 9.13. The van der Waals surface area contributed by atoms with Gasteiger partial charge in [-0.25, -0.2) is 0 Å². The fourth-order valence-corrected chi connectivity index (χ4v) is 3.25. The van der Waals surface area contributed by atoms with Crippen molar-refractivity contribution in [2.45, 2.75) is 70.4 Å². The van der Waals surface area contributed by atoms with Gasteiger partial charge in [0.1, 0.15) is 0 Å². The topological polar surface area (TPSA) is 23.5 Å². The summed E-state index contributed by atoms with van der Waals surface area (Å²) in [4.78, 5) is 2.35. The van der Waals surface area contributed by atoms with Gasteiger partial charge in [0.25, 0.3) is 0 Å². The number of hydrogen-bond donors (Lipinski definition) is 1. The molecule has 0 bridgehead atoms. The molecule has 2 rings (SSSR count). The molecule has 118 valence electrons. The second-order valence-electron chi connectivity index (χ2n) is 7.62. The Bertz CT molecular complexity index is 426. The molecule has 1 aliphatic carbocycles. The van der Waals surface area contributed by atoms with E-state index in [4.69, 9.17) is 0 Å². The van der Waals surface area contributed by atoms with Gasteiger partial charge in [-0.15, -0.1) is 0 Å². The number of hydrogen-bond acceptors (Lipinski definition) is 2. The van der Waals surface area contributed by atoms with Crippen molar-refractivity contribution in [2.75, 3.05) is 13.6 Å². The van der Waals surface area contributed by atoms with Crippen LogP contribution in [-0.2, 0) is 5.41 Å². The summed E-state index contributed by atoms with van der Waals surface area (Å²) < 4.78 is 0. The molecular weight excluding hydrogens is 258 g/mol. The molecule has 1 aromatic rings. The molecule has 1 atom stereocenters. The van der Waals surface area contributed by atoms with Crippen molar-refractivity contribution < 1.29 is 5.11 Å². The molecule has 21 heavy (non-hydrogen) atoms. The molecular formula is C19H31NO. The van der Waals surface area contributed by atoms with Crippen molar-refractivity contribution in [3.05, 3.63) is 35.4 Å². The van der Waals surface area contributed by atoms with Gasteiger partial charge in [-0.3, -0.25) is 0 Å². The van der Waals surface area contributed by atoms with Crippen LogP contribution in [0.1, 0.15) is 70.1 Å². The molecule has 1 unspecified atom stereocenters. The molecule has 1 saturated carbocycles. The summed E-state index contributed by atoms with van der Waals surface area (Å²) in [7, 11) is 2.16. The predicted octanol–water partition coefficient (Wildman–Crippen LogP) is 4.28. The molecule has 0 amide bonds. The van der Waals surface area contributed by atoms with E-state index in [-0.39, 0.29) is 11.5 Å². The third kappa shape index (κ3) is 4.55. The first kappa shape index (κ1) is 16.5. The SMILES string of the molecule is CN(CC(O)c1ccc(C(C)(C)C)cc1)C1CCCCC1. The zero-order chi connectivity index (χ0) is 15.5. The summed E-state index contributed by atoms with van der Waals surface area (Å²) in [6.07, 6.45) is 6.24. The van der Waals surface area contributed by atoms with Gasteiger partial charge in [-0.05, 0) is 36.4 Å². The van der Waals surface area contributed by atoms with Crippen molar-refractivity contribution >= 4 is 0 Å². The molecule has 1 fully saturated rings. The third-order valence-corrected chi connectivity index (χ3v) is 4.82. The van der Waals surface area contributed by atoms with E-state index in [1.54, 1.807) is 0 Å². The van der Waals surface area contributed by atoms with E-state index in [1.165, 1.54) is 37.7 Å². The Morgan fingerprint density at radius 1 is 1.10 bits per heavy atom. The smallest absolute Gasteiger partial charge is 0.0916 e. The van der Waals surface area contributed by atoms with E-state index in [0.29, 0.717) is 6.04 Å². The van der Waals surface area contributed by atoms with Crippen molar-refractivity contribution in [1.82, 2.24) is 4.90 Å². The van der Waals surface area contributed by atoms with E-state index >= 15 is 0 Å². The van der Waals surface area contributed by atoms with Gasteiger partial charge >= 0.3 is 0 Å². The van der Waals surface area contributed by atoms with Crippen LogP contribution in [-0.4, -0.2) is 29.6 Å². The average Bonchev–Trinajstić information content (AvgIpc) is 2.47. The highest BCUT2D eigenvalue weighted by Crippen LogP contribution is 2.26. The highest BCUT2D eigenvalue weighted by molar-refractivity contribution is 5.28. The molecule has 0 aliphatic heterocycles. The minimum atomic E-state index is -0.383. The van der Waals surface area contributed by atoms with E-state index in [1.807, 2.05) is 0 Å². The zero-order valence-electron chi connectivity index (χ0n) is 14.1. The van der Waals surface area contributed by atoms with Gasteiger partial charge in [0, 0.05) is 12.6 Å². The van der Waals surface area contributed by atoms with Crippen LogP contribution in [0.25, 0.3) is 0 Å². The Labute approximate surface area is 130 Å². The molecule has 0 aromatic heterocycles. The molecule has 1 aromatic carbocycles. The van der Waals surface area contributed by atoms with Crippen LogP contribution < -0.4 is 0 Å². The second-order valence-corrected chi connectivity index (χ2v) is 7.62. The van der Waals surface area contributed by atoms with Gasteiger partial charge in [-0.1, -0.05) is 64.3 Å². The van der Waals surface area contributed by atoms with Gasteiger partial charge in [0.05, 0.1) is 6.10 Å². The fraction of sp³-hybridized carbons (Fsp3) is 0.684. The quantitative estimate of drug-likeness (QED) is 0.894. The summed E-state index contributed by atoms with van der Waals surface area (Å²) in [5, 5.41) is 10.5. The average molecular weight is 289 g/mol. The lowest BCUT2D eigenvalue weighted by Gasteiger charge is -2.32. The summed E-state index contributed by atoms with van der Waals surface area (Å²) in [6.45, 7) is 7.39. The molecule has 0 spiro atoms. The highest BCUT2D eigenvalue weighted by Gasteiger charge is 2.21. The molecule has 0 saturated heterocycles. The number of rotatable bonds is 4. The number of likely N-dealkylation sites (N-methyl/N-ethyl adjacent to an activating group) is 1. The van der Waals surface area contributed by atoms with Gasteiger partial charge in [0.15, 0.2) is 0 Å². The lowest BCUT2D eigenvalue weighted by atomic mass is 9.86. The Morgan fingerprint density at radius 2 is 1.67 bits per heavy atom. The van der Waals surface area contributed by atoms with Crippen molar-refractivity contribution in [1.29, 1.82) is 0 Å². The Morgan fingerprint density at radius 3 is 2.19 bits per heavy atom. The maximum absolute atomic E-state index is 10.5. The molecule has 2 heteroatoms. The third-order valence-electron chi connectivity index (χ3n) is 4.82. The van der Waals surface area contributed by atoms with Crippen molar-refractivity contribution in [3.8, 4) is 0 Å². The highest BCUT2D eigenvalue weighted by atomic mass is 16.3. The Balaban J connectivity index is 1.94. The van der Waals surface area contributed by atoms with E-state index in [0.717, 1.165) is 12.1 Å².